The maximum absolute atomic E-state index is 8.73. The van der Waals surface area contributed by atoms with Crippen LogP contribution in [0.1, 0.15) is 5.01 Å². The molecule has 2 rings (SSSR count). The zero-order valence-corrected chi connectivity index (χ0v) is 10.6. The second-order valence-electron chi connectivity index (χ2n) is 2.47. The summed E-state index contributed by atoms with van der Waals surface area (Å²) in [5.41, 5.74) is 0. The molecule has 0 aliphatic carbocycles. The summed E-state index contributed by atoms with van der Waals surface area (Å²) in [5.74, 6) is 0. The molecule has 0 amide bonds. The van der Waals surface area contributed by atoms with E-state index in [0.29, 0.717) is 10.8 Å². The van der Waals surface area contributed by atoms with Crippen molar-refractivity contribution in [1.82, 2.24) is 15.2 Å². The molecule has 1 N–H and O–H groups in total. The minimum atomic E-state index is 0.0996. The fraction of sp³-hybridized carbons (Fsp3) is 0.286. The van der Waals surface area contributed by atoms with Gasteiger partial charge in [0.25, 0.3) is 0 Å². The lowest BCUT2D eigenvalue weighted by molar-refractivity contribution is 0.299. The fourth-order valence-corrected chi connectivity index (χ4v) is 4.04. The lowest BCUT2D eigenvalue weighted by Crippen LogP contribution is -1.88. The summed E-state index contributed by atoms with van der Waals surface area (Å²) in [6.07, 6.45) is 2.17. The average Bonchev–Trinajstić information content (AvgIpc) is 2.78. The highest BCUT2D eigenvalue weighted by Crippen LogP contribution is 2.34. The molecule has 0 unspecified atom stereocenters. The Kier molecular flexibility index (Phi) is 3.92. The first-order chi connectivity index (χ1) is 7.28. The van der Waals surface area contributed by atoms with Crippen LogP contribution in [0.2, 0.25) is 4.34 Å². The quantitative estimate of drug-likeness (QED) is 0.931. The Hall–Kier alpha value is -0.210. The second-order valence-corrected chi connectivity index (χ2v) is 6.69. The molecule has 2 heterocycles. The van der Waals surface area contributed by atoms with E-state index in [1.807, 2.05) is 0 Å². The Morgan fingerprint density at radius 2 is 2.20 bits per heavy atom. The Bertz CT molecular complexity index is 444. The molecule has 8 heteroatoms. The van der Waals surface area contributed by atoms with Crippen molar-refractivity contribution in [2.75, 3.05) is 6.61 Å². The smallest absolute Gasteiger partial charge is 0.181 e. The van der Waals surface area contributed by atoms with Gasteiger partial charge in [-0.15, -0.1) is 10.2 Å². The van der Waals surface area contributed by atoms with E-state index in [-0.39, 0.29) is 6.61 Å². The summed E-state index contributed by atoms with van der Waals surface area (Å²) in [5, 5.41) is 17.5. The molecular weight excluding hydrogens is 274 g/mol. The topological polar surface area (TPSA) is 58.9 Å². The van der Waals surface area contributed by atoms with Gasteiger partial charge in [0, 0.05) is 13.0 Å². The highest BCUT2D eigenvalue weighted by Gasteiger charge is 2.08. The van der Waals surface area contributed by atoms with E-state index in [4.69, 9.17) is 16.7 Å². The second kappa shape index (κ2) is 5.22. The summed E-state index contributed by atoms with van der Waals surface area (Å²) in [7, 11) is 0. The molecule has 80 valence electrons. The number of nitrogens with zero attached hydrogens (tertiary/aromatic N) is 3. The van der Waals surface area contributed by atoms with Crippen molar-refractivity contribution >= 4 is 46.0 Å². The van der Waals surface area contributed by atoms with Gasteiger partial charge >= 0.3 is 0 Å². The van der Waals surface area contributed by atoms with Gasteiger partial charge in [0.05, 0.1) is 6.20 Å². The molecule has 0 aliphatic rings. The molecule has 0 bridgehead atoms. The van der Waals surface area contributed by atoms with Crippen molar-refractivity contribution in [3.63, 3.8) is 0 Å². The van der Waals surface area contributed by atoms with Crippen LogP contribution in [-0.4, -0.2) is 26.9 Å². The van der Waals surface area contributed by atoms with Crippen LogP contribution in [0.25, 0.3) is 0 Å². The molecule has 0 atom stereocenters. The van der Waals surface area contributed by atoms with E-state index in [1.165, 1.54) is 34.4 Å². The standard InChI is InChI=1S/C7H6ClN3OS3/c8-4-3-9-6(13-4)15-7-11-10-5(14-7)1-2-12/h3,12H,1-2H2. The number of hydrogen-bond acceptors (Lipinski definition) is 7. The average molecular weight is 280 g/mol. The predicted molar refractivity (Wildman–Crippen MR) is 61.9 cm³/mol. The van der Waals surface area contributed by atoms with Crippen LogP contribution in [0.15, 0.2) is 14.9 Å². The van der Waals surface area contributed by atoms with Crippen LogP contribution < -0.4 is 0 Å². The summed E-state index contributed by atoms with van der Waals surface area (Å²) in [6.45, 7) is 0.0996. The van der Waals surface area contributed by atoms with E-state index in [1.54, 1.807) is 6.20 Å². The molecule has 0 spiro atoms. The monoisotopic (exact) mass is 279 g/mol. The van der Waals surface area contributed by atoms with Crippen LogP contribution in [0, 0.1) is 0 Å². The van der Waals surface area contributed by atoms with E-state index in [0.717, 1.165) is 13.7 Å². The summed E-state index contributed by atoms with van der Waals surface area (Å²) >= 11 is 10.1. The number of aliphatic hydroxyl groups excluding tert-OH is 1. The van der Waals surface area contributed by atoms with E-state index in [9.17, 15) is 0 Å². The first-order valence-corrected chi connectivity index (χ1v) is 6.83. The zero-order valence-electron chi connectivity index (χ0n) is 7.38. The largest absolute Gasteiger partial charge is 0.396 e. The molecule has 0 saturated heterocycles. The van der Waals surface area contributed by atoms with Crippen molar-refractivity contribution in [3.05, 3.63) is 15.5 Å². The molecule has 15 heavy (non-hydrogen) atoms. The van der Waals surface area contributed by atoms with Crippen LogP contribution >= 0.6 is 46.0 Å². The Balaban J connectivity index is 2.04. The van der Waals surface area contributed by atoms with E-state index >= 15 is 0 Å². The van der Waals surface area contributed by atoms with Crippen molar-refractivity contribution in [3.8, 4) is 0 Å². The third-order valence-electron chi connectivity index (χ3n) is 1.40. The normalized spacial score (nSPS) is 10.8. The van der Waals surface area contributed by atoms with E-state index < -0.39 is 0 Å². The number of hydrogen-bond donors (Lipinski definition) is 1. The van der Waals surface area contributed by atoms with Gasteiger partial charge in [-0.3, -0.25) is 0 Å². The van der Waals surface area contributed by atoms with Gasteiger partial charge in [-0.2, -0.15) is 0 Å². The van der Waals surface area contributed by atoms with Gasteiger partial charge in [0.15, 0.2) is 8.68 Å². The third kappa shape index (κ3) is 3.12. The third-order valence-corrected chi connectivity index (χ3v) is 4.63. The fourth-order valence-electron chi connectivity index (χ4n) is 0.838. The summed E-state index contributed by atoms with van der Waals surface area (Å²) in [4.78, 5) is 4.11. The number of aliphatic hydroxyl groups is 1. The summed E-state index contributed by atoms with van der Waals surface area (Å²) < 4.78 is 2.34. The van der Waals surface area contributed by atoms with Gasteiger partial charge in [0.2, 0.25) is 0 Å². The molecule has 2 aromatic heterocycles. The summed E-state index contributed by atoms with van der Waals surface area (Å²) in [6, 6.07) is 0. The van der Waals surface area contributed by atoms with Gasteiger partial charge in [0.1, 0.15) is 9.34 Å². The van der Waals surface area contributed by atoms with E-state index in [2.05, 4.69) is 15.2 Å². The predicted octanol–water partition coefficient (Wildman–Crippen LogP) is 2.33. The lowest BCUT2D eigenvalue weighted by atomic mass is 10.5. The Morgan fingerprint density at radius 3 is 2.87 bits per heavy atom. The van der Waals surface area contributed by atoms with Crippen molar-refractivity contribution in [2.24, 2.45) is 0 Å². The van der Waals surface area contributed by atoms with Gasteiger partial charge in [-0.1, -0.05) is 34.3 Å². The lowest BCUT2D eigenvalue weighted by Gasteiger charge is -1.87. The molecule has 0 fully saturated rings. The van der Waals surface area contributed by atoms with Gasteiger partial charge < -0.3 is 5.11 Å². The van der Waals surface area contributed by atoms with Crippen LogP contribution in [0.5, 0.6) is 0 Å². The molecule has 2 aromatic rings. The number of rotatable bonds is 4. The highest BCUT2D eigenvalue weighted by atomic mass is 35.5. The minimum absolute atomic E-state index is 0.0996. The SMILES string of the molecule is OCCc1nnc(Sc2ncc(Cl)s2)s1. The highest BCUT2D eigenvalue weighted by molar-refractivity contribution is 8.02. The first-order valence-electron chi connectivity index (χ1n) is 4.00. The van der Waals surface area contributed by atoms with Gasteiger partial charge in [-0.25, -0.2) is 4.98 Å². The van der Waals surface area contributed by atoms with Crippen LogP contribution in [0.4, 0.5) is 0 Å². The maximum Gasteiger partial charge on any atom is 0.181 e. The van der Waals surface area contributed by atoms with Crippen LogP contribution in [-0.2, 0) is 6.42 Å². The van der Waals surface area contributed by atoms with Crippen molar-refractivity contribution in [1.29, 1.82) is 0 Å². The molecule has 4 nitrogen and oxygen atoms in total. The molecular formula is C7H6ClN3OS3. The van der Waals surface area contributed by atoms with Crippen LogP contribution in [0.3, 0.4) is 0 Å². The number of thiazole rings is 1. The van der Waals surface area contributed by atoms with Crippen molar-refractivity contribution < 1.29 is 5.11 Å². The molecule has 0 radical (unpaired) electrons. The molecule has 0 aromatic carbocycles. The van der Waals surface area contributed by atoms with Gasteiger partial charge in [-0.05, 0) is 11.8 Å². The minimum Gasteiger partial charge on any atom is -0.396 e. The zero-order chi connectivity index (χ0) is 10.7. The maximum atomic E-state index is 8.73. The number of aromatic nitrogens is 3. The Labute approximate surface area is 103 Å². The molecule has 0 saturated carbocycles. The first kappa shape index (κ1) is 11.3. The molecule has 0 aliphatic heterocycles. The van der Waals surface area contributed by atoms with Crippen molar-refractivity contribution in [2.45, 2.75) is 15.1 Å². The number of halogens is 1. The Morgan fingerprint density at radius 1 is 1.33 bits per heavy atom.